The minimum Gasteiger partial charge on any atom is -0.313 e. The van der Waals surface area contributed by atoms with Gasteiger partial charge in [0.15, 0.2) is 0 Å². The van der Waals surface area contributed by atoms with E-state index in [0.717, 1.165) is 19.6 Å². The van der Waals surface area contributed by atoms with Crippen LogP contribution in [-0.2, 0) is 13.1 Å². The average Bonchev–Trinajstić information content (AvgIpc) is 2.43. The monoisotopic (exact) mass is 280 g/mol. The van der Waals surface area contributed by atoms with E-state index in [9.17, 15) is 0 Å². The first-order chi connectivity index (χ1) is 9.21. The molecule has 0 aliphatic rings. The third-order valence-electron chi connectivity index (χ3n) is 3.49. The molecule has 0 amide bonds. The number of hydrogen-bond donors (Lipinski definition) is 1. The molecule has 0 heterocycles. The molecule has 0 saturated carbocycles. The maximum Gasteiger partial charge on any atom is 0.0233 e. The molecule has 0 aliphatic carbocycles. The van der Waals surface area contributed by atoms with Gasteiger partial charge in [-0.2, -0.15) is 11.8 Å². The molecule has 0 fully saturated rings. The second-order valence-electron chi connectivity index (χ2n) is 5.03. The van der Waals surface area contributed by atoms with Crippen LogP contribution in [0.2, 0.25) is 0 Å². The zero-order chi connectivity index (χ0) is 14.1. The number of nitrogens with one attached hydrogen (secondary N) is 1. The number of nitrogens with zero attached hydrogens (tertiary/aromatic N) is 1. The lowest BCUT2D eigenvalue weighted by Crippen LogP contribution is -2.32. The summed E-state index contributed by atoms with van der Waals surface area (Å²) in [5.74, 6) is 1.21. The Morgan fingerprint density at radius 3 is 2.32 bits per heavy atom. The molecular formula is C16H28N2S. The molecule has 0 spiro atoms. The normalized spacial score (nSPS) is 12.9. The first kappa shape index (κ1) is 16.5. The van der Waals surface area contributed by atoms with E-state index < -0.39 is 0 Å². The van der Waals surface area contributed by atoms with Crippen molar-refractivity contribution in [3.63, 3.8) is 0 Å². The van der Waals surface area contributed by atoms with E-state index >= 15 is 0 Å². The van der Waals surface area contributed by atoms with Crippen molar-refractivity contribution in [3.8, 4) is 0 Å². The van der Waals surface area contributed by atoms with Crippen LogP contribution in [0.5, 0.6) is 0 Å². The van der Waals surface area contributed by atoms with Crippen LogP contribution in [0.1, 0.15) is 31.4 Å². The summed E-state index contributed by atoms with van der Waals surface area (Å²) in [6.07, 6.45) is 3.40. The predicted molar refractivity (Wildman–Crippen MR) is 87.8 cm³/mol. The van der Waals surface area contributed by atoms with Crippen LogP contribution in [-0.4, -0.2) is 36.5 Å². The Bertz CT molecular complexity index is 337. The highest BCUT2D eigenvalue weighted by Gasteiger charge is 2.12. The molecule has 1 aromatic carbocycles. The molecule has 0 aliphatic heterocycles. The van der Waals surface area contributed by atoms with Gasteiger partial charge in [0.05, 0.1) is 0 Å². The molecule has 0 aromatic heterocycles. The molecular weight excluding hydrogens is 252 g/mol. The summed E-state index contributed by atoms with van der Waals surface area (Å²) < 4.78 is 0. The molecule has 108 valence electrons. The minimum atomic E-state index is 0.677. The summed E-state index contributed by atoms with van der Waals surface area (Å²) in [6.45, 7) is 7.45. The fourth-order valence-corrected chi connectivity index (χ4v) is 3.07. The van der Waals surface area contributed by atoms with Gasteiger partial charge in [-0.3, -0.25) is 4.90 Å². The summed E-state index contributed by atoms with van der Waals surface area (Å²) in [5, 5.41) is 3.36. The number of rotatable bonds is 9. The van der Waals surface area contributed by atoms with Crippen molar-refractivity contribution in [2.75, 3.05) is 25.6 Å². The van der Waals surface area contributed by atoms with Gasteiger partial charge in [-0.15, -0.1) is 0 Å². The van der Waals surface area contributed by atoms with Gasteiger partial charge in [0.2, 0.25) is 0 Å². The third-order valence-corrected chi connectivity index (χ3v) is 4.21. The molecule has 1 N–H and O–H groups in total. The van der Waals surface area contributed by atoms with E-state index in [-0.39, 0.29) is 0 Å². The number of hydrogen-bond acceptors (Lipinski definition) is 3. The second kappa shape index (κ2) is 9.40. The van der Waals surface area contributed by atoms with Crippen LogP contribution in [0.4, 0.5) is 0 Å². The molecule has 0 bridgehead atoms. The zero-order valence-electron chi connectivity index (χ0n) is 12.8. The Hall–Kier alpha value is -0.510. The summed E-state index contributed by atoms with van der Waals surface area (Å²) in [7, 11) is 2.23. The highest BCUT2D eigenvalue weighted by atomic mass is 32.2. The lowest BCUT2D eigenvalue weighted by Gasteiger charge is -2.26. The van der Waals surface area contributed by atoms with E-state index in [2.05, 4.69) is 61.6 Å². The van der Waals surface area contributed by atoms with Crippen molar-refractivity contribution >= 4 is 11.8 Å². The van der Waals surface area contributed by atoms with Crippen LogP contribution in [0, 0.1) is 0 Å². The van der Waals surface area contributed by atoms with Crippen LogP contribution in [0.25, 0.3) is 0 Å². The maximum absolute atomic E-state index is 3.36. The summed E-state index contributed by atoms with van der Waals surface area (Å²) in [4.78, 5) is 2.47. The van der Waals surface area contributed by atoms with E-state index in [1.54, 1.807) is 0 Å². The molecule has 19 heavy (non-hydrogen) atoms. The Balaban J connectivity index is 2.51. The van der Waals surface area contributed by atoms with Crippen molar-refractivity contribution in [2.45, 2.75) is 39.4 Å². The predicted octanol–water partition coefficient (Wildman–Crippen LogP) is 3.37. The van der Waals surface area contributed by atoms with Crippen molar-refractivity contribution in [1.29, 1.82) is 0 Å². The quantitative estimate of drug-likeness (QED) is 0.746. The highest BCUT2D eigenvalue weighted by molar-refractivity contribution is 7.98. The Kier molecular flexibility index (Phi) is 8.19. The topological polar surface area (TPSA) is 15.3 Å². The van der Waals surface area contributed by atoms with Crippen LogP contribution >= 0.6 is 11.8 Å². The smallest absolute Gasteiger partial charge is 0.0233 e. The van der Waals surface area contributed by atoms with Gasteiger partial charge in [-0.1, -0.05) is 38.1 Å². The fourth-order valence-electron chi connectivity index (χ4n) is 2.20. The van der Waals surface area contributed by atoms with Gasteiger partial charge in [0, 0.05) is 24.9 Å². The summed E-state index contributed by atoms with van der Waals surface area (Å²) in [5.41, 5.74) is 2.77. The van der Waals surface area contributed by atoms with Gasteiger partial charge in [0.25, 0.3) is 0 Å². The van der Waals surface area contributed by atoms with Gasteiger partial charge in [-0.25, -0.2) is 0 Å². The standard InChI is InChI=1S/C16H28N2S/c1-5-16(13-19-4)18(3)12-15-9-7-14(8-10-15)11-17-6-2/h7-10,16-17H,5-6,11-13H2,1-4H3. The first-order valence-electron chi connectivity index (χ1n) is 7.18. The Morgan fingerprint density at radius 1 is 1.16 bits per heavy atom. The second-order valence-corrected chi connectivity index (χ2v) is 5.94. The molecule has 1 aromatic rings. The minimum absolute atomic E-state index is 0.677. The van der Waals surface area contributed by atoms with Gasteiger partial charge in [0.1, 0.15) is 0 Å². The third kappa shape index (κ3) is 5.98. The maximum atomic E-state index is 3.36. The van der Waals surface area contributed by atoms with Crippen LogP contribution in [0.15, 0.2) is 24.3 Å². The van der Waals surface area contributed by atoms with Crippen molar-refractivity contribution < 1.29 is 0 Å². The van der Waals surface area contributed by atoms with E-state index in [4.69, 9.17) is 0 Å². The fraction of sp³-hybridized carbons (Fsp3) is 0.625. The average molecular weight is 280 g/mol. The van der Waals surface area contributed by atoms with Crippen molar-refractivity contribution in [1.82, 2.24) is 10.2 Å². The van der Waals surface area contributed by atoms with Gasteiger partial charge < -0.3 is 5.32 Å². The summed E-state index contributed by atoms with van der Waals surface area (Å²) in [6, 6.07) is 9.67. The summed E-state index contributed by atoms with van der Waals surface area (Å²) >= 11 is 1.93. The van der Waals surface area contributed by atoms with Crippen molar-refractivity contribution in [3.05, 3.63) is 35.4 Å². The zero-order valence-corrected chi connectivity index (χ0v) is 13.6. The molecule has 0 radical (unpaired) electrons. The molecule has 1 atom stereocenters. The van der Waals surface area contributed by atoms with Crippen molar-refractivity contribution in [2.24, 2.45) is 0 Å². The van der Waals surface area contributed by atoms with E-state index in [1.165, 1.54) is 23.3 Å². The van der Waals surface area contributed by atoms with Crippen LogP contribution in [0.3, 0.4) is 0 Å². The Labute approximate surface area is 123 Å². The lowest BCUT2D eigenvalue weighted by molar-refractivity contribution is 0.248. The van der Waals surface area contributed by atoms with Crippen LogP contribution < -0.4 is 5.32 Å². The number of benzene rings is 1. The van der Waals surface area contributed by atoms with Gasteiger partial charge >= 0.3 is 0 Å². The molecule has 1 rings (SSSR count). The van der Waals surface area contributed by atoms with Gasteiger partial charge in [-0.05, 0) is 37.4 Å². The lowest BCUT2D eigenvalue weighted by atomic mass is 10.1. The number of thioether (sulfide) groups is 1. The van der Waals surface area contributed by atoms with E-state index in [1.807, 2.05) is 11.8 Å². The largest absolute Gasteiger partial charge is 0.313 e. The SMILES string of the molecule is CCNCc1ccc(CN(C)C(CC)CSC)cc1. The Morgan fingerprint density at radius 2 is 1.79 bits per heavy atom. The van der Waals surface area contributed by atoms with E-state index in [0.29, 0.717) is 6.04 Å². The molecule has 0 saturated heterocycles. The molecule has 3 heteroatoms. The first-order valence-corrected chi connectivity index (χ1v) is 8.58. The molecule has 1 unspecified atom stereocenters. The highest BCUT2D eigenvalue weighted by Crippen LogP contribution is 2.13. The molecule has 2 nitrogen and oxygen atoms in total.